The Hall–Kier alpha value is -3.73. The minimum Gasteiger partial charge on any atom is -0.508 e. The molecule has 4 rings (SSSR count). The van der Waals surface area contributed by atoms with E-state index >= 15 is 0 Å². The summed E-state index contributed by atoms with van der Waals surface area (Å²) in [5.41, 5.74) is 3.98. The molecule has 2 aromatic carbocycles. The van der Waals surface area contributed by atoms with Crippen molar-refractivity contribution in [2.75, 3.05) is 7.05 Å². The third-order valence-corrected chi connectivity index (χ3v) is 4.63. The van der Waals surface area contributed by atoms with Crippen molar-refractivity contribution in [3.63, 3.8) is 0 Å². The molecule has 0 bridgehead atoms. The first-order valence-corrected chi connectivity index (χ1v) is 8.95. The fourth-order valence-corrected chi connectivity index (χ4v) is 3.18. The van der Waals surface area contributed by atoms with Crippen LogP contribution in [0.25, 0.3) is 22.2 Å². The predicted molar refractivity (Wildman–Crippen MR) is 109 cm³/mol. The van der Waals surface area contributed by atoms with E-state index in [1.54, 1.807) is 36.5 Å². The lowest BCUT2D eigenvalue weighted by molar-refractivity contribution is 0.0787. The molecule has 2 heterocycles. The summed E-state index contributed by atoms with van der Waals surface area (Å²) in [6.07, 6.45) is 3.43. The molecule has 1 amide bonds. The predicted octanol–water partition coefficient (Wildman–Crippen LogP) is 4.27. The van der Waals surface area contributed by atoms with Gasteiger partial charge in [-0.15, -0.1) is 0 Å². The van der Waals surface area contributed by atoms with Gasteiger partial charge in [-0.1, -0.05) is 30.3 Å². The van der Waals surface area contributed by atoms with Crippen LogP contribution in [0, 0.1) is 0 Å². The topological polar surface area (TPSA) is 66.3 Å². The summed E-state index contributed by atoms with van der Waals surface area (Å²) in [5.74, 6) is 0.127. The van der Waals surface area contributed by atoms with Crippen molar-refractivity contribution in [3.8, 4) is 17.0 Å². The molecule has 138 valence electrons. The number of fused-ring (bicyclic) bond motifs is 1. The summed E-state index contributed by atoms with van der Waals surface area (Å²) in [5, 5.41) is 10.3. The highest BCUT2D eigenvalue weighted by molar-refractivity contribution is 6.07. The van der Waals surface area contributed by atoms with Gasteiger partial charge in [0.05, 0.1) is 16.8 Å². The van der Waals surface area contributed by atoms with Gasteiger partial charge >= 0.3 is 0 Å². The summed E-state index contributed by atoms with van der Waals surface area (Å²) in [7, 11) is 1.77. The highest BCUT2D eigenvalue weighted by Gasteiger charge is 2.17. The number of pyridine rings is 2. The Morgan fingerprint density at radius 1 is 1.00 bits per heavy atom. The Morgan fingerprint density at radius 3 is 2.46 bits per heavy atom. The molecular weight excluding hydrogens is 350 g/mol. The first kappa shape index (κ1) is 17.7. The van der Waals surface area contributed by atoms with Gasteiger partial charge in [-0.3, -0.25) is 9.78 Å². The van der Waals surface area contributed by atoms with Crippen molar-refractivity contribution in [2.45, 2.75) is 6.54 Å². The van der Waals surface area contributed by atoms with Gasteiger partial charge in [-0.05, 0) is 42.0 Å². The number of hydrogen-bond acceptors (Lipinski definition) is 4. The van der Waals surface area contributed by atoms with Crippen molar-refractivity contribution in [2.24, 2.45) is 0 Å². The molecule has 5 nitrogen and oxygen atoms in total. The molecule has 0 aliphatic heterocycles. The van der Waals surface area contributed by atoms with Crippen LogP contribution in [0.5, 0.6) is 5.75 Å². The molecule has 5 heteroatoms. The SMILES string of the molecule is CN(Cc1ccc(O)cc1)C(=O)c1cc(-c2ccncc2)nc2ccccc12. The number of carbonyl (C=O) groups excluding carboxylic acids is 1. The number of rotatable bonds is 4. The maximum atomic E-state index is 13.2. The highest BCUT2D eigenvalue weighted by atomic mass is 16.3. The Balaban J connectivity index is 1.73. The van der Waals surface area contributed by atoms with E-state index in [1.165, 1.54) is 0 Å². The number of phenolic OH excluding ortho intramolecular Hbond substituents is 1. The van der Waals surface area contributed by atoms with Gasteiger partial charge in [0.1, 0.15) is 5.75 Å². The molecule has 0 radical (unpaired) electrons. The average molecular weight is 369 g/mol. The summed E-state index contributed by atoms with van der Waals surface area (Å²) in [6, 6.07) is 20.1. The zero-order chi connectivity index (χ0) is 19.5. The van der Waals surface area contributed by atoms with Gasteiger partial charge in [0.15, 0.2) is 0 Å². The third kappa shape index (κ3) is 3.55. The number of carbonyl (C=O) groups is 1. The maximum Gasteiger partial charge on any atom is 0.254 e. The van der Waals surface area contributed by atoms with E-state index in [-0.39, 0.29) is 11.7 Å². The van der Waals surface area contributed by atoms with Crippen LogP contribution in [0.15, 0.2) is 79.1 Å². The van der Waals surface area contributed by atoms with Gasteiger partial charge in [-0.25, -0.2) is 4.98 Å². The van der Waals surface area contributed by atoms with E-state index in [1.807, 2.05) is 54.6 Å². The number of benzene rings is 2. The van der Waals surface area contributed by atoms with Gasteiger partial charge in [0.25, 0.3) is 5.91 Å². The lowest BCUT2D eigenvalue weighted by Gasteiger charge is -2.19. The number of para-hydroxylation sites is 1. The molecule has 0 aliphatic carbocycles. The summed E-state index contributed by atoms with van der Waals surface area (Å²) in [6.45, 7) is 0.445. The summed E-state index contributed by atoms with van der Waals surface area (Å²) in [4.78, 5) is 23.7. The normalized spacial score (nSPS) is 10.8. The number of hydrogen-bond donors (Lipinski definition) is 1. The summed E-state index contributed by atoms with van der Waals surface area (Å²) >= 11 is 0. The molecule has 1 N–H and O–H groups in total. The van der Waals surface area contributed by atoms with Crippen LogP contribution in [-0.4, -0.2) is 32.9 Å². The molecule has 0 aliphatic rings. The second-order valence-corrected chi connectivity index (χ2v) is 6.64. The van der Waals surface area contributed by atoms with Gasteiger partial charge in [0.2, 0.25) is 0 Å². The van der Waals surface area contributed by atoms with Crippen LogP contribution in [0.4, 0.5) is 0 Å². The van der Waals surface area contributed by atoms with Gasteiger partial charge in [-0.2, -0.15) is 0 Å². The Bertz CT molecular complexity index is 1130. The molecule has 0 saturated heterocycles. The molecule has 0 unspecified atom stereocenters. The molecule has 0 spiro atoms. The first-order valence-electron chi connectivity index (χ1n) is 8.95. The molecule has 0 saturated carbocycles. The smallest absolute Gasteiger partial charge is 0.254 e. The van der Waals surface area contributed by atoms with Crippen molar-refractivity contribution in [3.05, 3.63) is 90.3 Å². The Kier molecular flexibility index (Phi) is 4.72. The molecular formula is C23H19N3O2. The van der Waals surface area contributed by atoms with E-state index in [2.05, 4.69) is 4.98 Å². The second kappa shape index (κ2) is 7.48. The monoisotopic (exact) mass is 369 g/mol. The maximum absolute atomic E-state index is 13.2. The lowest BCUT2D eigenvalue weighted by Crippen LogP contribution is -2.26. The van der Waals surface area contributed by atoms with Crippen LogP contribution >= 0.6 is 0 Å². The van der Waals surface area contributed by atoms with Gasteiger partial charge in [0, 0.05) is 36.9 Å². The molecule has 28 heavy (non-hydrogen) atoms. The largest absolute Gasteiger partial charge is 0.508 e. The van der Waals surface area contributed by atoms with E-state index in [9.17, 15) is 9.90 Å². The molecule has 0 atom stereocenters. The number of aromatic nitrogens is 2. The highest BCUT2D eigenvalue weighted by Crippen LogP contribution is 2.25. The van der Waals surface area contributed by atoms with Crippen LogP contribution in [0.3, 0.4) is 0 Å². The Morgan fingerprint density at radius 2 is 1.71 bits per heavy atom. The zero-order valence-electron chi connectivity index (χ0n) is 15.4. The van der Waals surface area contributed by atoms with Crippen LogP contribution in [-0.2, 0) is 6.54 Å². The van der Waals surface area contributed by atoms with Crippen LogP contribution < -0.4 is 0 Å². The fourth-order valence-electron chi connectivity index (χ4n) is 3.18. The number of phenols is 1. The minimum atomic E-state index is -0.0815. The quantitative estimate of drug-likeness (QED) is 0.583. The van der Waals surface area contributed by atoms with E-state index in [0.29, 0.717) is 12.1 Å². The molecule has 4 aromatic rings. The van der Waals surface area contributed by atoms with Crippen molar-refractivity contribution < 1.29 is 9.90 Å². The second-order valence-electron chi connectivity index (χ2n) is 6.64. The number of aromatic hydroxyl groups is 1. The van der Waals surface area contributed by atoms with E-state index in [0.717, 1.165) is 27.7 Å². The molecule has 0 fully saturated rings. The van der Waals surface area contributed by atoms with E-state index in [4.69, 9.17) is 4.98 Å². The Labute approximate surface area is 162 Å². The van der Waals surface area contributed by atoms with Crippen molar-refractivity contribution in [1.82, 2.24) is 14.9 Å². The summed E-state index contributed by atoms with van der Waals surface area (Å²) < 4.78 is 0. The first-order chi connectivity index (χ1) is 13.6. The van der Waals surface area contributed by atoms with Crippen molar-refractivity contribution in [1.29, 1.82) is 0 Å². The van der Waals surface area contributed by atoms with Crippen LogP contribution in [0.2, 0.25) is 0 Å². The number of amides is 1. The van der Waals surface area contributed by atoms with Crippen LogP contribution in [0.1, 0.15) is 15.9 Å². The van der Waals surface area contributed by atoms with Gasteiger partial charge < -0.3 is 10.0 Å². The zero-order valence-corrected chi connectivity index (χ0v) is 15.4. The average Bonchev–Trinajstić information content (AvgIpc) is 2.74. The third-order valence-electron chi connectivity index (χ3n) is 4.63. The number of nitrogens with zero attached hydrogens (tertiary/aromatic N) is 3. The lowest BCUT2D eigenvalue weighted by atomic mass is 10.0. The minimum absolute atomic E-state index is 0.0815. The van der Waals surface area contributed by atoms with E-state index < -0.39 is 0 Å². The fraction of sp³-hybridized carbons (Fsp3) is 0.0870. The molecule has 2 aromatic heterocycles. The standard InChI is InChI=1S/C23H19N3O2/c1-26(15-16-6-8-18(27)9-7-16)23(28)20-14-22(17-10-12-24-13-11-17)25-21-5-3-2-4-19(20)21/h2-14,27H,15H2,1H3. The van der Waals surface area contributed by atoms with Crippen molar-refractivity contribution >= 4 is 16.8 Å².